The molecule has 0 aromatic carbocycles. The molecular formula is C13H27N3O. The Morgan fingerprint density at radius 1 is 1.41 bits per heavy atom. The molecule has 1 aliphatic heterocycles. The van der Waals surface area contributed by atoms with Gasteiger partial charge < -0.3 is 10.6 Å². The minimum absolute atomic E-state index is 0.166. The number of rotatable bonds is 6. The van der Waals surface area contributed by atoms with Gasteiger partial charge in [0.15, 0.2) is 0 Å². The molecule has 0 radical (unpaired) electrons. The van der Waals surface area contributed by atoms with Crippen LogP contribution in [0.3, 0.4) is 0 Å². The molecule has 0 atom stereocenters. The third-order valence-corrected chi connectivity index (χ3v) is 3.29. The largest absolute Gasteiger partial charge is 0.355 e. The summed E-state index contributed by atoms with van der Waals surface area (Å²) >= 11 is 0. The third-order valence-electron chi connectivity index (χ3n) is 3.29. The first-order valence-corrected chi connectivity index (χ1v) is 6.85. The highest BCUT2D eigenvalue weighted by Crippen LogP contribution is 2.10. The molecule has 1 saturated heterocycles. The van der Waals surface area contributed by atoms with E-state index < -0.39 is 0 Å². The standard InChI is InChI=1S/C13H27N3O/c1-4-16(12-5-7-14-8-6-12)10-13(17)15-9-11(2)3/h11-12,14H,4-10H2,1-3H3,(H,15,17). The summed E-state index contributed by atoms with van der Waals surface area (Å²) in [6, 6.07) is 0.575. The van der Waals surface area contributed by atoms with E-state index in [1.165, 1.54) is 0 Å². The maximum absolute atomic E-state index is 11.8. The lowest BCUT2D eigenvalue weighted by molar-refractivity contribution is -0.123. The first kappa shape index (κ1) is 14.5. The quantitative estimate of drug-likeness (QED) is 0.724. The van der Waals surface area contributed by atoms with Crippen molar-refractivity contribution in [2.75, 3.05) is 32.7 Å². The van der Waals surface area contributed by atoms with Crippen molar-refractivity contribution in [1.29, 1.82) is 0 Å². The number of likely N-dealkylation sites (N-methyl/N-ethyl adjacent to an activating group) is 1. The summed E-state index contributed by atoms with van der Waals surface area (Å²) in [6.07, 6.45) is 2.32. The van der Waals surface area contributed by atoms with Crippen molar-refractivity contribution in [2.24, 2.45) is 5.92 Å². The molecule has 0 spiro atoms. The van der Waals surface area contributed by atoms with Gasteiger partial charge in [-0.05, 0) is 38.4 Å². The normalized spacial score (nSPS) is 17.7. The van der Waals surface area contributed by atoms with Crippen LogP contribution in [0.2, 0.25) is 0 Å². The molecule has 1 amide bonds. The maximum atomic E-state index is 11.8. The van der Waals surface area contributed by atoms with Gasteiger partial charge in [-0.1, -0.05) is 20.8 Å². The number of hydrogen-bond acceptors (Lipinski definition) is 3. The van der Waals surface area contributed by atoms with E-state index in [1.807, 2.05) is 0 Å². The van der Waals surface area contributed by atoms with E-state index in [0.29, 0.717) is 18.5 Å². The zero-order chi connectivity index (χ0) is 12.7. The highest BCUT2D eigenvalue weighted by Gasteiger charge is 2.21. The molecule has 1 heterocycles. The van der Waals surface area contributed by atoms with Crippen LogP contribution in [0.1, 0.15) is 33.6 Å². The van der Waals surface area contributed by atoms with Crippen LogP contribution in [0.5, 0.6) is 0 Å². The average Bonchev–Trinajstić information content (AvgIpc) is 2.34. The molecule has 17 heavy (non-hydrogen) atoms. The van der Waals surface area contributed by atoms with Crippen molar-refractivity contribution < 1.29 is 4.79 Å². The molecule has 4 nitrogen and oxygen atoms in total. The molecule has 1 aliphatic rings. The van der Waals surface area contributed by atoms with Crippen LogP contribution >= 0.6 is 0 Å². The van der Waals surface area contributed by atoms with Crippen molar-refractivity contribution in [3.8, 4) is 0 Å². The van der Waals surface area contributed by atoms with Gasteiger partial charge in [0.1, 0.15) is 0 Å². The predicted molar refractivity (Wildman–Crippen MR) is 71.0 cm³/mol. The highest BCUT2D eigenvalue weighted by molar-refractivity contribution is 5.78. The summed E-state index contributed by atoms with van der Waals surface area (Å²) in [5.74, 6) is 0.687. The van der Waals surface area contributed by atoms with Gasteiger partial charge in [0, 0.05) is 12.6 Å². The third kappa shape index (κ3) is 5.50. The molecule has 0 aromatic heterocycles. The fraction of sp³-hybridized carbons (Fsp3) is 0.923. The minimum Gasteiger partial charge on any atom is -0.355 e. The van der Waals surface area contributed by atoms with Crippen LogP contribution in [-0.2, 0) is 4.79 Å². The summed E-state index contributed by atoms with van der Waals surface area (Å²) in [5, 5.41) is 6.35. The highest BCUT2D eigenvalue weighted by atomic mass is 16.2. The van der Waals surface area contributed by atoms with E-state index in [9.17, 15) is 4.79 Å². The second-order valence-electron chi connectivity index (χ2n) is 5.24. The van der Waals surface area contributed by atoms with E-state index in [4.69, 9.17) is 0 Å². The first-order valence-electron chi connectivity index (χ1n) is 6.85. The summed E-state index contributed by atoms with van der Waals surface area (Å²) in [4.78, 5) is 14.1. The zero-order valence-corrected chi connectivity index (χ0v) is 11.5. The van der Waals surface area contributed by atoms with Gasteiger partial charge in [-0.15, -0.1) is 0 Å². The molecular weight excluding hydrogens is 214 g/mol. The summed E-state index contributed by atoms with van der Waals surface area (Å²) in [6.45, 7) is 10.8. The molecule has 4 heteroatoms. The van der Waals surface area contributed by atoms with Crippen molar-refractivity contribution in [3.63, 3.8) is 0 Å². The molecule has 0 aromatic rings. The lowest BCUT2D eigenvalue weighted by Gasteiger charge is -2.33. The topological polar surface area (TPSA) is 44.4 Å². The van der Waals surface area contributed by atoms with Gasteiger partial charge >= 0.3 is 0 Å². The molecule has 1 rings (SSSR count). The summed E-state index contributed by atoms with van der Waals surface area (Å²) in [5.41, 5.74) is 0. The van der Waals surface area contributed by atoms with Crippen LogP contribution in [0.25, 0.3) is 0 Å². The first-order chi connectivity index (χ1) is 8.13. The van der Waals surface area contributed by atoms with Gasteiger partial charge in [0.2, 0.25) is 5.91 Å². The Morgan fingerprint density at radius 3 is 2.59 bits per heavy atom. The van der Waals surface area contributed by atoms with Crippen LogP contribution in [0.4, 0.5) is 0 Å². The number of piperidine rings is 1. The van der Waals surface area contributed by atoms with Gasteiger partial charge in [-0.25, -0.2) is 0 Å². The Morgan fingerprint density at radius 2 is 2.06 bits per heavy atom. The molecule has 100 valence electrons. The Labute approximate surface area is 105 Å². The number of nitrogens with zero attached hydrogens (tertiary/aromatic N) is 1. The van der Waals surface area contributed by atoms with E-state index >= 15 is 0 Å². The monoisotopic (exact) mass is 241 g/mol. The number of nitrogens with one attached hydrogen (secondary N) is 2. The van der Waals surface area contributed by atoms with Gasteiger partial charge in [-0.2, -0.15) is 0 Å². The predicted octanol–water partition coefficient (Wildman–Crippen LogP) is 0.833. The van der Waals surface area contributed by atoms with Crippen molar-refractivity contribution >= 4 is 5.91 Å². The van der Waals surface area contributed by atoms with Gasteiger partial charge in [0.25, 0.3) is 0 Å². The van der Waals surface area contributed by atoms with E-state index in [0.717, 1.165) is 39.0 Å². The van der Waals surface area contributed by atoms with Crippen molar-refractivity contribution in [3.05, 3.63) is 0 Å². The van der Waals surface area contributed by atoms with Crippen LogP contribution < -0.4 is 10.6 Å². The van der Waals surface area contributed by atoms with Gasteiger partial charge in [-0.3, -0.25) is 9.69 Å². The van der Waals surface area contributed by atoms with E-state index in [2.05, 4.69) is 36.3 Å². The molecule has 1 fully saturated rings. The summed E-state index contributed by atoms with van der Waals surface area (Å²) in [7, 11) is 0. The fourth-order valence-electron chi connectivity index (χ4n) is 2.23. The lowest BCUT2D eigenvalue weighted by Crippen LogP contribution is -2.47. The minimum atomic E-state index is 0.166. The van der Waals surface area contributed by atoms with E-state index in [1.54, 1.807) is 0 Å². The second kappa shape index (κ2) is 7.67. The SMILES string of the molecule is CCN(CC(=O)NCC(C)C)C1CCNCC1. The zero-order valence-electron chi connectivity index (χ0n) is 11.5. The Hall–Kier alpha value is -0.610. The van der Waals surface area contributed by atoms with Crippen LogP contribution in [0.15, 0.2) is 0 Å². The lowest BCUT2D eigenvalue weighted by atomic mass is 10.0. The van der Waals surface area contributed by atoms with Gasteiger partial charge in [0.05, 0.1) is 6.54 Å². The van der Waals surface area contributed by atoms with Crippen LogP contribution in [-0.4, -0.2) is 49.6 Å². The Bertz CT molecular complexity index is 225. The number of amides is 1. The fourth-order valence-corrected chi connectivity index (χ4v) is 2.23. The molecule has 0 unspecified atom stereocenters. The number of carbonyl (C=O) groups is 1. The maximum Gasteiger partial charge on any atom is 0.234 e. The van der Waals surface area contributed by atoms with E-state index in [-0.39, 0.29) is 5.91 Å². The van der Waals surface area contributed by atoms with Crippen LogP contribution in [0, 0.1) is 5.92 Å². The molecule has 2 N–H and O–H groups in total. The van der Waals surface area contributed by atoms with Crippen molar-refractivity contribution in [2.45, 2.75) is 39.7 Å². The molecule has 0 saturated carbocycles. The molecule has 0 bridgehead atoms. The smallest absolute Gasteiger partial charge is 0.234 e. The average molecular weight is 241 g/mol. The number of hydrogen-bond donors (Lipinski definition) is 2. The molecule has 0 aliphatic carbocycles. The van der Waals surface area contributed by atoms with Crippen molar-refractivity contribution in [1.82, 2.24) is 15.5 Å². The Balaban J connectivity index is 2.32. The second-order valence-corrected chi connectivity index (χ2v) is 5.24. The number of carbonyl (C=O) groups excluding carboxylic acids is 1. The summed E-state index contributed by atoms with van der Waals surface area (Å²) < 4.78 is 0. The Kier molecular flexibility index (Phi) is 6.52.